The maximum Gasteiger partial charge on any atom is 0.336 e. The normalized spacial score (nSPS) is 13.3. The summed E-state index contributed by atoms with van der Waals surface area (Å²) in [5.41, 5.74) is 4.31. The number of carbonyl (C=O) groups excluding carboxylic acids is 1. The van der Waals surface area contributed by atoms with E-state index in [1.54, 1.807) is 42.7 Å². The molecule has 0 amide bonds. The number of carboxylic acids is 1. The van der Waals surface area contributed by atoms with Crippen molar-refractivity contribution in [3.05, 3.63) is 83.2 Å². The molecule has 0 bridgehead atoms. The Hall–Kier alpha value is -4.57. The lowest BCUT2D eigenvalue weighted by Gasteiger charge is -2.13. The van der Waals surface area contributed by atoms with Crippen LogP contribution in [0.1, 0.15) is 21.5 Å². The maximum atomic E-state index is 13.8. The van der Waals surface area contributed by atoms with Crippen molar-refractivity contribution in [2.75, 3.05) is 6.79 Å². The summed E-state index contributed by atoms with van der Waals surface area (Å²) in [6.45, 7) is 0.0714. The van der Waals surface area contributed by atoms with Gasteiger partial charge >= 0.3 is 5.97 Å². The van der Waals surface area contributed by atoms with Crippen LogP contribution in [0.3, 0.4) is 0 Å². The van der Waals surface area contributed by atoms with Crippen molar-refractivity contribution in [1.29, 1.82) is 0 Å². The van der Waals surface area contributed by atoms with E-state index in [1.165, 1.54) is 0 Å². The summed E-state index contributed by atoms with van der Waals surface area (Å²) in [4.78, 5) is 33.7. The van der Waals surface area contributed by atoms with E-state index in [-0.39, 0.29) is 24.4 Å². The quantitative estimate of drug-likeness (QED) is 0.270. The lowest BCUT2D eigenvalue weighted by molar-refractivity contribution is -0.130. The Morgan fingerprint density at radius 3 is 2.60 bits per heavy atom. The van der Waals surface area contributed by atoms with Gasteiger partial charge in [0.05, 0.1) is 34.7 Å². The van der Waals surface area contributed by atoms with E-state index in [9.17, 15) is 14.7 Å². The highest BCUT2D eigenvalue weighted by Gasteiger charge is 2.26. The number of aromatic nitrogens is 4. The van der Waals surface area contributed by atoms with Gasteiger partial charge in [0.25, 0.3) is 0 Å². The molecular formula is C25H16N4O5S. The highest BCUT2D eigenvalue weighted by molar-refractivity contribution is 7.00. The molecule has 3 aromatic carbocycles. The fourth-order valence-electron chi connectivity index (χ4n) is 4.16. The molecule has 9 nitrogen and oxygen atoms in total. The Morgan fingerprint density at radius 2 is 1.71 bits per heavy atom. The molecule has 3 heterocycles. The lowest BCUT2D eigenvalue weighted by atomic mass is 9.89. The minimum absolute atomic E-state index is 0.0714. The average Bonchev–Trinajstić information content (AvgIpc) is 3.62. The number of benzene rings is 3. The molecule has 0 saturated carbocycles. The van der Waals surface area contributed by atoms with Gasteiger partial charge in [0.15, 0.2) is 17.3 Å². The Balaban J connectivity index is 1.52. The molecule has 2 N–H and O–H groups in total. The van der Waals surface area contributed by atoms with Crippen LogP contribution in [-0.4, -0.2) is 42.4 Å². The summed E-state index contributed by atoms with van der Waals surface area (Å²) in [5, 5.41) is 10.3. The number of fused-ring (bicyclic) bond motifs is 3. The molecule has 35 heavy (non-hydrogen) atoms. The summed E-state index contributed by atoms with van der Waals surface area (Å²) in [7, 11) is 0. The number of Topliss-reactive ketones (excluding diaryl/α,β-unsaturated/α-hetero) is 1. The molecule has 1 aliphatic rings. The third-order valence-electron chi connectivity index (χ3n) is 5.83. The molecule has 172 valence electrons. The summed E-state index contributed by atoms with van der Waals surface area (Å²) in [5.74, 6) is -0.640. The van der Waals surface area contributed by atoms with Gasteiger partial charge in [-0.25, -0.2) is 9.78 Å². The summed E-state index contributed by atoms with van der Waals surface area (Å²) >= 11 is 1.04. The monoisotopic (exact) mass is 484 g/mol. The van der Waals surface area contributed by atoms with Gasteiger partial charge in [-0.1, -0.05) is 12.1 Å². The van der Waals surface area contributed by atoms with Gasteiger partial charge in [0.1, 0.15) is 11.0 Å². The number of carbonyl (C=O) groups is 2. The number of aliphatic carboxylic acids is 1. The third kappa shape index (κ3) is 3.79. The molecule has 0 radical (unpaired) electrons. The van der Waals surface area contributed by atoms with Crippen LogP contribution in [0.25, 0.3) is 27.6 Å². The van der Waals surface area contributed by atoms with Crippen LogP contribution in [0, 0.1) is 0 Å². The van der Waals surface area contributed by atoms with Crippen molar-refractivity contribution >= 4 is 51.1 Å². The topological polar surface area (TPSA) is 127 Å². The van der Waals surface area contributed by atoms with Crippen molar-refractivity contribution < 1.29 is 24.2 Å². The fraction of sp³-hybridized carbons (Fsp3) is 0.0800. The maximum absolute atomic E-state index is 13.8. The Labute approximate surface area is 202 Å². The number of allylic oxidation sites excluding steroid dienone is 1. The highest BCUT2D eigenvalue weighted by atomic mass is 32.1. The number of ether oxygens (including phenoxy) is 2. The Kier molecular flexibility index (Phi) is 5.00. The van der Waals surface area contributed by atoms with E-state index in [0.717, 1.165) is 28.3 Å². The van der Waals surface area contributed by atoms with Gasteiger partial charge in [-0.05, 0) is 53.6 Å². The number of nitrogens with zero attached hydrogens (tertiary/aromatic N) is 3. The molecule has 0 fully saturated rings. The second-order valence-electron chi connectivity index (χ2n) is 7.95. The number of ketones is 1. The summed E-state index contributed by atoms with van der Waals surface area (Å²) in [6.07, 6.45) is 1.68. The number of rotatable bonds is 6. The highest BCUT2D eigenvalue weighted by Crippen LogP contribution is 2.35. The van der Waals surface area contributed by atoms with E-state index in [2.05, 4.69) is 18.7 Å². The Morgan fingerprint density at radius 1 is 0.914 bits per heavy atom. The van der Waals surface area contributed by atoms with E-state index >= 15 is 0 Å². The van der Waals surface area contributed by atoms with Crippen LogP contribution >= 0.6 is 11.7 Å². The summed E-state index contributed by atoms with van der Waals surface area (Å²) in [6, 6.07) is 15.4. The first kappa shape index (κ1) is 21.0. The predicted octanol–water partition coefficient (Wildman–Crippen LogP) is 4.26. The van der Waals surface area contributed by atoms with E-state index in [0.29, 0.717) is 33.7 Å². The number of nitrogens with one attached hydrogen (secondary N) is 1. The Bertz CT molecular complexity index is 1670. The van der Waals surface area contributed by atoms with Crippen LogP contribution in [0.2, 0.25) is 0 Å². The van der Waals surface area contributed by atoms with Gasteiger partial charge in [-0.15, -0.1) is 0 Å². The first-order valence-electron chi connectivity index (χ1n) is 10.6. The van der Waals surface area contributed by atoms with Crippen molar-refractivity contribution in [2.24, 2.45) is 0 Å². The first-order chi connectivity index (χ1) is 17.1. The molecule has 6 rings (SSSR count). The molecule has 0 saturated heterocycles. The SMILES string of the molecule is O=C(O)C(=C(Cc1ccc2nc[nH]c2c1)C(=O)c1ccc2c(c1)OCO2)c1ccc2nsnc2c1. The molecule has 0 aliphatic carbocycles. The van der Waals surface area contributed by atoms with Crippen LogP contribution < -0.4 is 9.47 Å². The zero-order valence-corrected chi connectivity index (χ0v) is 18.8. The number of aromatic amines is 1. The zero-order chi connectivity index (χ0) is 23.9. The van der Waals surface area contributed by atoms with Crippen molar-refractivity contribution in [2.45, 2.75) is 6.42 Å². The lowest BCUT2D eigenvalue weighted by Crippen LogP contribution is -2.14. The fourth-order valence-corrected chi connectivity index (χ4v) is 4.67. The standard InChI is InChI=1S/C25H16N4O5S/c30-24(15-3-6-21-22(10-15)34-12-33-21)16(7-13-1-4-17-19(8-13)27-11-26-17)23(25(31)32)14-2-5-18-20(9-14)29-35-28-18/h1-6,8-11H,7,12H2,(H,26,27)(H,31,32). The van der Waals surface area contributed by atoms with E-state index < -0.39 is 11.8 Å². The van der Waals surface area contributed by atoms with Crippen LogP contribution in [0.15, 0.2) is 66.5 Å². The predicted molar refractivity (Wildman–Crippen MR) is 129 cm³/mol. The molecule has 10 heteroatoms. The number of imidazole rings is 1. The van der Waals surface area contributed by atoms with Gasteiger partial charge in [0, 0.05) is 17.6 Å². The molecular weight excluding hydrogens is 468 g/mol. The third-order valence-corrected chi connectivity index (χ3v) is 6.39. The number of H-pyrrole nitrogens is 1. The average molecular weight is 484 g/mol. The molecule has 0 unspecified atom stereocenters. The van der Waals surface area contributed by atoms with Crippen LogP contribution in [-0.2, 0) is 11.2 Å². The van der Waals surface area contributed by atoms with Crippen LogP contribution in [0.4, 0.5) is 0 Å². The van der Waals surface area contributed by atoms with Gasteiger partial charge < -0.3 is 19.6 Å². The van der Waals surface area contributed by atoms with Gasteiger partial charge in [-0.3, -0.25) is 4.79 Å². The first-order valence-corrected chi connectivity index (χ1v) is 11.4. The zero-order valence-electron chi connectivity index (χ0n) is 18.0. The van der Waals surface area contributed by atoms with Crippen molar-refractivity contribution in [3.8, 4) is 11.5 Å². The summed E-state index contributed by atoms with van der Waals surface area (Å²) < 4.78 is 19.2. The second-order valence-corrected chi connectivity index (χ2v) is 8.48. The van der Waals surface area contributed by atoms with Gasteiger partial charge in [-0.2, -0.15) is 8.75 Å². The van der Waals surface area contributed by atoms with E-state index in [1.807, 2.05) is 18.2 Å². The van der Waals surface area contributed by atoms with Gasteiger partial charge in [0.2, 0.25) is 6.79 Å². The minimum Gasteiger partial charge on any atom is -0.478 e. The molecule has 1 aliphatic heterocycles. The molecule has 2 aromatic heterocycles. The number of hydrogen-bond acceptors (Lipinski definition) is 8. The van der Waals surface area contributed by atoms with E-state index in [4.69, 9.17) is 9.47 Å². The second kappa shape index (κ2) is 8.33. The molecule has 0 spiro atoms. The van der Waals surface area contributed by atoms with Crippen molar-refractivity contribution in [3.63, 3.8) is 0 Å². The smallest absolute Gasteiger partial charge is 0.336 e. The molecule has 5 aromatic rings. The number of carboxylic acid groups (broad SMARTS) is 1. The molecule has 0 atom stereocenters. The van der Waals surface area contributed by atoms with Crippen LogP contribution in [0.5, 0.6) is 11.5 Å². The van der Waals surface area contributed by atoms with Crippen molar-refractivity contribution in [1.82, 2.24) is 18.7 Å². The minimum atomic E-state index is -1.21. The number of hydrogen-bond donors (Lipinski definition) is 2. The largest absolute Gasteiger partial charge is 0.478 e.